The van der Waals surface area contributed by atoms with Crippen LogP contribution in [0.4, 0.5) is 11.4 Å². The van der Waals surface area contributed by atoms with Gasteiger partial charge in [0.05, 0.1) is 11.6 Å². The first-order valence-corrected chi connectivity index (χ1v) is 8.17. The van der Waals surface area contributed by atoms with Gasteiger partial charge in [-0.1, -0.05) is 60.7 Å². The molecule has 0 unspecified atom stereocenters. The Bertz CT molecular complexity index is 808. The summed E-state index contributed by atoms with van der Waals surface area (Å²) in [5.41, 5.74) is 9.93. The average molecular weight is 331 g/mol. The lowest BCUT2D eigenvalue weighted by atomic mass is 9.97. The number of hydrogen-bond acceptors (Lipinski definition) is 3. The summed E-state index contributed by atoms with van der Waals surface area (Å²) in [5.74, 6) is -0.172. The molecule has 4 heteroatoms. The Hall–Kier alpha value is -3.27. The standard InChI is InChI=1S/C21H21N3O/c1-23-21(25)18-14-17(22)12-13-19(18)24-20(15-8-4-2-5-9-15)16-10-6-3-7-11-16/h2-14,20,24H,22H2,1H3,(H,23,25). The minimum absolute atomic E-state index is 0.0746. The normalized spacial score (nSPS) is 10.5. The van der Waals surface area contributed by atoms with Crippen molar-refractivity contribution >= 4 is 17.3 Å². The molecule has 0 aliphatic heterocycles. The SMILES string of the molecule is CNC(=O)c1cc(N)ccc1NC(c1ccccc1)c1ccccc1. The van der Waals surface area contributed by atoms with Gasteiger partial charge in [-0.2, -0.15) is 0 Å². The van der Waals surface area contributed by atoms with Crippen LogP contribution in [0, 0.1) is 0 Å². The number of benzene rings is 3. The molecule has 0 aliphatic rings. The predicted octanol–water partition coefficient (Wildman–Crippen LogP) is 3.83. The van der Waals surface area contributed by atoms with Crippen molar-refractivity contribution in [3.8, 4) is 0 Å². The number of amides is 1. The van der Waals surface area contributed by atoms with Crippen molar-refractivity contribution in [3.05, 3.63) is 95.6 Å². The molecule has 0 saturated carbocycles. The van der Waals surface area contributed by atoms with E-state index < -0.39 is 0 Å². The van der Waals surface area contributed by atoms with Crippen LogP contribution < -0.4 is 16.4 Å². The van der Waals surface area contributed by atoms with E-state index in [0.717, 1.165) is 16.8 Å². The predicted molar refractivity (Wildman–Crippen MR) is 103 cm³/mol. The van der Waals surface area contributed by atoms with E-state index in [0.29, 0.717) is 11.3 Å². The zero-order chi connectivity index (χ0) is 17.6. The van der Waals surface area contributed by atoms with Crippen molar-refractivity contribution in [2.24, 2.45) is 0 Å². The fraction of sp³-hybridized carbons (Fsp3) is 0.0952. The molecule has 1 amide bonds. The number of carbonyl (C=O) groups is 1. The number of nitrogens with two attached hydrogens (primary N) is 1. The average Bonchev–Trinajstić information content (AvgIpc) is 2.67. The van der Waals surface area contributed by atoms with Crippen LogP contribution in [0.5, 0.6) is 0 Å². The highest BCUT2D eigenvalue weighted by Gasteiger charge is 2.17. The lowest BCUT2D eigenvalue weighted by Gasteiger charge is -2.23. The number of anilines is 2. The highest BCUT2D eigenvalue weighted by molar-refractivity contribution is 6.00. The molecule has 3 aromatic carbocycles. The molecule has 0 fully saturated rings. The number of rotatable bonds is 5. The lowest BCUT2D eigenvalue weighted by Crippen LogP contribution is -2.21. The molecule has 4 nitrogen and oxygen atoms in total. The quantitative estimate of drug-likeness (QED) is 0.623. The summed E-state index contributed by atoms with van der Waals surface area (Å²) in [5, 5.41) is 6.17. The molecule has 0 atom stereocenters. The minimum atomic E-state index is -0.172. The van der Waals surface area contributed by atoms with E-state index in [-0.39, 0.29) is 11.9 Å². The molecule has 0 spiro atoms. The van der Waals surface area contributed by atoms with E-state index >= 15 is 0 Å². The van der Waals surface area contributed by atoms with E-state index in [2.05, 4.69) is 34.9 Å². The Kier molecular flexibility index (Phi) is 5.00. The first-order valence-electron chi connectivity index (χ1n) is 8.17. The van der Waals surface area contributed by atoms with Crippen LogP contribution in [0.3, 0.4) is 0 Å². The minimum Gasteiger partial charge on any atom is -0.399 e. The van der Waals surface area contributed by atoms with Crippen molar-refractivity contribution in [2.75, 3.05) is 18.1 Å². The number of carbonyl (C=O) groups excluding carboxylic acids is 1. The lowest BCUT2D eigenvalue weighted by molar-refractivity contribution is 0.0964. The highest BCUT2D eigenvalue weighted by atomic mass is 16.1. The van der Waals surface area contributed by atoms with E-state index in [1.807, 2.05) is 42.5 Å². The molecule has 3 aromatic rings. The van der Waals surface area contributed by atoms with Crippen molar-refractivity contribution in [1.29, 1.82) is 0 Å². The fourth-order valence-corrected chi connectivity index (χ4v) is 2.82. The summed E-state index contributed by atoms with van der Waals surface area (Å²) in [6, 6.07) is 25.6. The Morgan fingerprint density at radius 1 is 0.880 bits per heavy atom. The van der Waals surface area contributed by atoms with E-state index in [4.69, 9.17) is 5.73 Å². The van der Waals surface area contributed by atoms with Crippen LogP contribution in [0.25, 0.3) is 0 Å². The summed E-state index contributed by atoms with van der Waals surface area (Å²) in [4.78, 5) is 12.2. The van der Waals surface area contributed by atoms with Gasteiger partial charge < -0.3 is 16.4 Å². The molecule has 0 saturated heterocycles. The van der Waals surface area contributed by atoms with Gasteiger partial charge in [-0.05, 0) is 29.3 Å². The smallest absolute Gasteiger partial charge is 0.253 e. The van der Waals surface area contributed by atoms with Gasteiger partial charge >= 0.3 is 0 Å². The second-order valence-electron chi connectivity index (χ2n) is 5.78. The highest BCUT2D eigenvalue weighted by Crippen LogP contribution is 2.29. The molecular formula is C21H21N3O. The number of hydrogen-bond donors (Lipinski definition) is 3. The van der Waals surface area contributed by atoms with Gasteiger partial charge in [0.1, 0.15) is 0 Å². The third-order valence-corrected chi connectivity index (χ3v) is 4.08. The maximum Gasteiger partial charge on any atom is 0.253 e. The van der Waals surface area contributed by atoms with Crippen molar-refractivity contribution in [2.45, 2.75) is 6.04 Å². The van der Waals surface area contributed by atoms with E-state index in [9.17, 15) is 4.79 Å². The van der Waals surface area contributed by atoms with Gasteiger partial charge in [-0.15, -0.1) is 0 Å². The van der Waals surface area contributed by atoms with Gasteiger partial charge in [0.25, 0.3) is 5.91 Å². The summed E-state index contributed by atoms with van der Waals surface area (Å²) >= 11 is 0. The largest absolute Gasteiger partial charge is 0.399 e. The molecule has 25 heavy (non-hydrogen) atoms. The van der Waals surface area contributed by atoms with Crippen molar-refractivity contribution in [1.82, 2.24) is 5.32 Å². The van der Waals surface area contributed by atoms with Crippen LogP contribution in [0.1, 0.15) is 27.5 Å². The van der Waals surface area contributed by atoms with E-state index in [1.165, 1.54) is 0 Å². The summed E-state index contributed by atoms with van der Waals surface area (Å²) in [6.45, 7) is 0. The van der Waals surface area contributed by atoms with Crippen LogP contribution >= 0.6 is 0 Å². The zero-order valence-electron chi connectivity index (χ0n) is 14.1. The molecule has 0 aromatic heterocycles. The van der Waals surface area contributed by atoms with Crippen molar-refractivity contribution < 1.29 is 4.79 Å². The molecule has 126 valence electrons. The molecule has 0 bridgehead atoms. The van der Waals surface area contributed by atoms with Crippen LogP contribution in [-0.2, 0) is 0 Å². The van der Waals surface area contributed by atoms with Crippen LogP contribution in [-0.4, -0.2) is 13.0 Å². The number of nitrogen functional groups attached to an aromatic ring is 1. The van der Waals surface area contributed by atoms with Crippen molar-refractivity contribution in [3.63, 3.8) is 0 Å². The van der Waals surface area contributed by atoms with Gasteiger partial charge in [-0.3, -0.25) is 4.79 Å². The van der Waals surface area contributed by atoms with Crippen LogP contribution in [0.2, 0.25) is 0 Å². The fourth-order valence-electron chi connectivity index (χ4n) is 2.82. The summed E-state index contributed by atoms with van der Waals surface area (Å²) in [7, 11) is 1.61. The second kappa shape index (κ2) is 7.53. The molecule has 0 radical (unpaired) electrons. The maximum absolute atomic E-state index is 12.2. The molecule has 3 rings (SSSR count). The molecule has 0 aliphatic carbocycles. The van der Waals surface area contributed by atoms with Gasteiger partial charge in [-0.25, -0.2) is 0 Å². The maximum atomic E-state index is 12.2. The topological polar surface area (TPSA) is 67.2 Å². The van der Waals surface area contributed by atoms with Crippen LogP contribution in [0.15, 0.2) is 78.9 Å². The summed E-state index contributed by atoms with van der Waals surface area (Å²) in [6.07, 6.45) is 0. The monoisotopic (exact) mass is 331 g/mol. The van der Waals surface area contributed by atoms with Gasteiger partial charge in [0.2, 0.25) is 0 Å². The Morgan fingerprint density at radius 3 is 1.96 bits per heavy atom. The molecule has 4 N–H and O–H groups in total. The number of nitrogens with one attached hydrogen (secondary N) is 2. The third-order valence-electron chi connectivity index (χ3n) is 4.08. The Balaban J connectivity index is 2.04. The molecular weight excluding hydrogens is 310 g/mol. The zero-order valence-corrected chi connectivity index (χ0v) is 14.1. The third kappa shape index (κ3) is 3.80. The van der Waals surface area contributed by atoms with Gasteiger partial charge in [0, 0.05) is 18.4 Å². The Labute approximate surface area is 147 Å². The van der Waals surface area contributed by atoms with E-state index in [1.54, 1.807) is 19.2 Å². The second-order valence-corrected chi connectivity index (χ2v) is 5.78. The first-order chi connectivity index (χ1) is 12.2. The van der Waals surface area contributed by atoms with Gasteiger partial charge in [0.15, 0.2) is 0 Å². The Morgan fingerprint density at radius 2 is 1.44 bits per heavy atom. The molecule has 0 heterocycles. The summed E-state index contributed by atoms with van der Waals surface area (Å²) < 4.78 is 0. The first kappa shape index (κ1) is 16.6.